The SMILES string of the molecule is COCCn1c(C)c(C)c2cc(CNCC(C)C)ccc21. The summed E-state index contributed by atoms with van der Waals surface area (Å²) < 4.78 is 7.59. The van der Waals surface area contributed by atoms with Crippen LogP contribution in [0.25, 0.3) is 10.9 Å². The summed E-state index contributed by atoms with van der Waals surface area (Å²) in [7, 11) is 1.76. The first kappa shape index (κ1) is 16.1. The van der Waals surface area contributed by atoms with Gasteiger partial charge in [0.15, 0.2) is 0 Å². The van der Waals surface area contributed by atoms with E-state index >= 15 is 0 Å². The molecule has 3 heteroatoms. The van der Waals surface area contributed by atoms with Gasteiger partial charge in [0.1, 0.15) is 0 Å². The number of ether oxygens (including phenoxy) is 1. The molecule has 1 heterocycles. The van der Waals surface area contributed by atoms with Crippen molar-refractivity contribution in [2.75, 3.05) is 20.3 Å². The lowest BCUT2D eigenvalue weighted by Crippen LogP contribution is -2.18. The molecule has 1 aromatic carbocycles. The first-order valence-corrected chi connectivity index (χ1v) is 7.82. The van der Waals surface area contributed by atoms with Crippen molar-refractivity contribution in [3.63, 3.8) is 0 Å². The first-order chi connectivity index (χ1) is 10.0. The zero-order valence-electron chi connectivity index (χ0n) is 14.0. The number of aromatic nitrogens is 1. The van der Waals surface area contributed by atoms with Crippen LogP contribution < -0.4 is 5.32 Å². The van der Waals surface area contributed by atoms with E-state index < -0.39 is 0 Å². The Morgan fingerprint density at radius 3 is 2.67 bits per heavy atom. The topological polar surface area (TPSA) is 26.2 Å². The molecule has 0 saturated carbocycles. The van der Waals surface area contributed by atoms with Crippen molar-refractivity contribution in [2.45, 2.75) is 40.8 Å². The lowest BCUT2D eigenvalue weighted by molar-refractivity contribution is 0.188. The van der Waals surface area contributed by atoms with Gasteiger partial charge in [-0.3, -0.25) is 0 Å². The van der Waals surface area contributed by atoms with Crippen LogP contribution in [0, 0.1) is 19.8 Å². The van der Waals surface area contributed by atoms with Gasteiger partial charge < -0.3 is 14.6 Å². The van der Waals surface area contributed by atoms with E-state index in [1.165, 1.54) is 27.7 Å². The number of hydrogen-bond donors (Lipinski definition) is 1. The first-order valence-electron chi connectivity index (χ1n) is 7.82. The molecule has 0 radical (unpaired) electrons. The molecule has 0 saturated heterocycles. The van der Waals surface area contributed by atoms with Gasteiger partial charge in [0, 0.05) is 36.8 Å². The predicted molar refractivity (Wildman–Crippen MR) is 89.8 cm³/mol. The Morgan fingerprint density at radius 2 is 2.00 bits per heavy atom. The average molecular weight is 288 g/mol. The number of fused-ring (bicyclic) bond motifs is 1. The van der Waals surface area contributed by atoms with Gasteiger partial charge in [-0.2, -0.15) is 0 Å². The molecule has 1 aromatic heterocycles. The molecule has 0 atom stereocenters. The van der Waals surface area contributed by atoms with Crippen molar-refractivity contribution >= 4 is 10.9 Å². The molecule has 0 aliphatic rings. The Labute approximate surface area is 128 Å². The van der Waals surface area contributed by atoms with Crippen LogP contribution >= 0.6 is 0 Å². The van der Waals surface area contributed by atoms with Crippen molar-refractivity contribution in [3.05, 3.63) is 35.0 Å². The number of methoxy groups -OCH3 is 1. The van der Waals surface area contributed by atoms with Crippen molar-refractivity contribution in [3.8, 4) is 0 Å². The molecule has 0 amide bonds. The highest BCUT2D eigenvalue weighted by Gasteiger charge is 2.11. The van der Waals surface area contributed by atoms with Crippen molar-refractivity contribution < 1.29 is 4.74 Å². The molecule has 0 bridgehead atoms. The molecule has 21 heavy (non-hydrogen) atoms. The van der Waals surface area contributed by atoms with Gasteiger partial charge in [0.2, 0.25) is 0 Å². The summed E-state index contributed by atoms with van der Waals surface area (Å²) in [4.78, 5) is 0. The van der Waals surface area contributed by atoms with Crippen LogP contribution in [0.15, 0.2) is 18.2 Å². The van der Waals surface area contributed by atoms with Crippen molar-refractivity contribution in [2.24, 2.45) is 5.92 Å². The second-order valence-corrected chi connectivity index (χ2v) is 6.23. The minimum absolute atomic E-state index is 0.688. The molecule has 1 N–H and O–H groups in total. The van der Waals surface area contributed by atoms with Crippen molar-refractivity contribution in [1.29, 1.82) is 0 Å². The molecule has 0 fully saturated rings. The van der Waals surface area contributed by atoms with E-state index in [0.29, 0.717) is 5.92 Å². The van der Waals surface area contributed by atoms with Gasteiger partial charge in [0.05, 0.1) is 6.61 Å². The third kappa shape index (κ3) is 3.66. The zero-order chi connectivity index (χ0) is 15.4. The summed E-state index contributed by atoms with van der Waals surface area (Å²) in [6.07, 6.45) is 0. The highest BCUT2D eigenvalue weighted by atomic mass is 16.5. The van der Waals surface area contributed by atoms with E-state index in [-0.39, 0.29) is 0 Å². The monoisotopic (exact) mass is 288 g/mol. The minimum atomic E-state index is 0.688. The fraction of sp³-hybridized carbons (Fsp3) is 0.556. The second-order valence-electron chi connectivity index (χ2n) is 6.23. The minimum Gasteiger partial charge on any atom is -0.383 e. The van der Waals surface area contributed by atoms with Gasteiger partial charge in [-0.1, -0.05) is 19.9 Å². The van der Waals surface area contributed by atoms with E-state index in [1.54, 1.807) is 7.11 Å². The number of benzene rings is 1. The van der Waals surface area contributed by atoms with Crippen LogP contribution in [0.3, 0.4) is 0 Å². The van der Waals surface area contributed by atoms with Crippen LogP contribution in [0.2, 0.25) is 0 Å². The zero-order valence-corrected chi connectivity index (χ0v) is 14.0. The molecule has 0 aliphatic carbocycles. The molecule has 0 unspecified atom stereocenters. The molecule has 2 aromatic rings. The van der Waals surface area contributed by atoms with E-state index in [0.717, 1.165) is 26.2 Å². The summed E-state index contributed by atoms with van der Waals surface area (Å²) >= 11 is 0. The molecule has 0 spiro atoms. The van der Waals surface area contributed by atoms with Gasteiger partial charge in [-0.25, -0.2) is 0 Å². The van der Waals surface area contributed by atoms with Crippen LogP contribution in [0.1, 0.15) is 30.7 Å². The van der Waals surface area contributed by atoms with Gasteiger partial charge in [0.25, 0.3) is 0 Å². The maximum Gasteiger partial charge on any atom is 0.0642 e. The highest BCUT2D eigenvalue weighted by molar-refractivity contribution is 5.86. The lowest BCUT2D eigenvalue weighted by atomic mass is 10.1. The Bertz CT molecular complexity index is 599. The summed E-state index contributed by atoms with van der Waals surface area (Å²) in [6.45, 7) is 12.5. The highest BCUT2D eigenvalue weighted by Crippen LogP contribution is 2.26. The molecule has 0 aliphatic heterocycles. The average Bonchev–Trinajstić information content (AvgIpc) is 2.69. The molecular weight excluding hydrogens is 260 g/mol. The Balaban J connectivity index is 2.25. The van der Waals surface area contributed by atoms with Crippen LogP contribution in [-0.4, -0.2) is 24.8 Å². The molecule has 3 nitrogen and oxygen atoms in total. The maximum absolute atomic E-state index is 5.23. The Hall–Kier alpha value is -1.32. The molecule has 2 rings (SSSR count). The van der Waals surface area contributed by atoms with Gasteiger partial charge >= 0.3 is 0 Å². The predicted octanol–water partition coefficient (Wildman–Crippen LogP) is 3.65. The Morgan fingerprint density at radius 1 is 1.24 bits per heavy atom. The van der Waals surface area contributed by atoms with E-state index in [1.807, 2.05) is 0 Å². The largest absolute Gasteiger partial charge is 0.383 e. The third-order valence-electron chi connectivity index (χ3n) is 4.10. The van der Waals surface area contributed by atoms with Crippen LogP contribution in [0.4, 0.5) is 0 Å². The van der Waals surface area contributed by atoms with Gasteiger partial charge in [-0.15, -0.1) is 0 Å². The third-order valence-corrected chi connectivity index (χ3v) is 4.10. The number of nitrogens with zero attached hydrogens (tertiary/aromatic N) is 1. The van der Waals surface area contributed by atoms with E-state index in [4.69, 9.17) is 4.74 Å². The number of nitrogens with one attached hydrogen (secondary N) is 1. The second kappa shape index (κ2) is 7.10. The molecular formula is C18H28N2O. The lowest BCUT2D eigenvalue weighted by Gasteiger charge is -2.09. The number of aryl methyl sites for hydroxylation is 1. The summed E-state index contributed by atoms with van der Waals surface area (Å²) in [5, 5.41) is 4.88. The van der Waals surface area contributed by atoms with Gasteiger partial charge in [-0.05, 0) is 49.6 Å². The standard InChI is InChI=1S/C18H28N2O/c1-13(2)11-19-12-16-6-7-18-17(10-16)14(3)15(4)20(18)8-9-21-5/h6-7,10,13,19H,8-9,11-12H2,1-5H3. The number of hydrogen-bond acceptors (Lipinski definition) is 2. The summed E-state index contributed by atoms with van der Waals surface area (Å²) in [6, 6.07) is 6.81. The van der Waals surface area contributed by atoms with Crippen LogP contribution in [0.5, 0.6) is 0 Å². The smallest absolute Gasteiger partial charge is 0.0642 e. The summed E-state index contributed by atoms with van der Waals surface area (Å²) in [5.74, 6) is 0.688. The maximum atomic E-state index is 5.23. The normalized spacial score (nSPS) is 11.7. The fourth-order valence-electron chi connectivity index (χ4n) is 2.78. The summed E-state index contributed by atoms with van der Waals surface area (Å²) in [5.41, 5.74) is 5.39. The van der Waals surface area contributed by atoms with E-state index in [2.05, 4.69) is 55.8 Å². The Kier molecular flexibility index (Phi) is 5.43. The number of rotatable bonds is 7. The van der Waals surface area contributed by atoms with Crippen molar-refractivity contribution in [1.82, 2.24) is 9.88 Å². The van der Waals surface area contributed by atoms with E-state index in [9.17, 15) is 0 Å². The van der Waals surface area contributed by atoms with Crippen LogP contribution in [-0.2, 0) is 17.8 Å². The fourth-order valence-corrected chi connectivity index (χ4v) is 2.78. The molecule has 116 valence electrons. The quantitative estimate of drug-likeness (QED) is 0.841.